The van der Waals surface area contributed by atoms with Gasteiger partial charge in [0.2, 0.25) is 0 Å². The van der Waals surface area contributed by atoms with Gasteiger partial charge in [-0.1, -0.05) is 0 Å². The van der Waals surface area contributed by atoms with E-state index in [1.165, 1.54) is 17.0 Å². The second kappa shape index (κ2) is 6.53. The van der Waals surface area contributed by atoms with Crippen molar-refractivity contribution in [1.82, 2.24) is 4.90 Å². The number of carbonyl (C=O) groups is 2. The number of nitrogens with one attached hydrogen (secondary N) is 1. The predicted octanol–water partition coefficient (Wildman–Crippen LogP) is 1.84. The molecule has 1 saturated heterocycles. The van der Waals surface area contributed by atoms with E-state index >= 15 is 0 Å². The lowest BCUT2D eigenvalue weighted by molar-refractivity contribution is -0.141. The number of hydrogen-bond donors (Lipinski definition) is 2. The maximum Gasteiger partial charge on any atom is 0.322 e. The van der Waals surface area contributed by atoms with E-state index in [0.717, 1.165) is 0 Å². The van der Waals surface area contributed by atoms with Gasteiger partial charge in [0.05, 0.1) is 19.1 Å². The zero-order chi connectivity index (χ0) is 15.4. The monoisotopic (exact) mass is 296 g/mol. The summed E-state index contributed by atoms with van der Waals surface area (Å²) in [7, 11) is 0. The highest BCUT2D eigenvalue weighted by atomic mass is 19.1. The van der Waals surface area contributed by atoms with Crippen molar-refractivity contribution in [1.29, 1.82) is 0 Å². The van der Waals surface area contributed by atoms with Gasteiger partial charge in [0.1, 0.15) is 5.82 Å². The zero-order valence-electron chi connectivity index (χ0n) is 11.6. The van der Waals surface area contributed by atoms with Crippen LogP contribution in [0.5, 0.6) is 0 Å². The summed E-state index contributed by atoms with van der Waals surface area (Å²) in [5, 5.41) is 11.4. The van der Waals surface area contributed by atoms with Gasteiger partial charge < -0.3 is 20.1 Å². The normalized spacial score (nSPS) is 18.4. The number of urea groups is 1. The quantitative estimate of drug-likeness (QED) is 0.892. The Kier molecular flexibility index (Phi) is 4.74. The van der Waals surface area contributed by atoms with Gasteiger partial charge in [-0.25, -0.2) is 9.18 Å². The Morgan fingerprint density at radius 3 is 2.95 bits per heavy atom. The summed E-state index contributed by atoms with van der Waals surface area (Å²) < 4.78 is 18.5. The molecule has 0 saturated carbocycles. The van der Waals surface area contributed by atoms with Gasteiger partial charge in [0, 0.05) is 18.8 Å². The zero-order valence-corrected chi connectivity index (χ0v) is 11.6. The average molecular weight is 296 g/mol. The van der Waals surface area contributed by atoms with Crippen LogP contribution >= 0.6 is 0 Å². The van der Waals surface area contributed by atoms with Crippen molar-refractivity contribution in [3.8, 4) is 0 Å². The summed E-state index contributed by atoms with van der Waals surface area (Å²) in [6.45, 7) is 2.52. The Labute approximate surface area is 121 Å². The molecule has 0 aliphatic carbocycles. The summed E-state index contributed by atoms with van der Waals surface area (Å²) in [5.41, 5.74) is 0.943. The van der Waals surface area contributed by atoms with Gasteiger partial charge >= 0.3 is 12.0 Å². The summed E-state index contributed by atoms with van der Waals surface area (Å²) in [5.74, 6) is -1.29. The predicted molar refractivity (Wildman–Crippen MR) is 73.7 cm³/mol. The van der Waals surface area contributed by atoms with E-state index in [9.17, 15) is 14.0 Å². The highest BCUT2D eigenvalue weighted by Crippen LogP contribution is 2.15. The van der Waals surface area contributed by atoms with Gasteiger partial charge in [-0.15, -0.1) is 0 Å². The van der Waals surface area contributed by atoms with Crippen LogP contribution in [0.3, 0.4) is 0 Å². The molecule has 0 radical (unpaired) electrons. The molecular weight excluding hydrogens is 279 g/mol. The van der Waals surface area contributed by atoms with Crippen LogP contribution in [0.2, 0.25) is 0 Å². The number of halogens is 1. The first-order valence-corrected chi connectivity index (χ1v) is 6.61. The average Bonchev–Trinajstić information content (AvgIpc) is 2.42. The number of aliphatic carboxylic acids is 1. The number of anilines is 1. The highest BCUT2D eigenvalue weighted by Gasteiger charge is 2.26. The fourth-order valence-electron chi connectivity index (χ4n) is 2.15. The summed E-state index contributed by atoms with van der Waals surface area (Å²) >= 11 is 0. The van der Waals surface area contributed by atoms with Crippen LogP contribution in [-0.4, -0.2) is 47.8 Å². The second-order valence-electron chi connectivity index (χ2n) is 4.93. The Balaban J connectivity index is 1.96. The highest BCUT2D eigenvalue weighted by molar-refractivity contribution is 5.89. The molecule has 1 aliphatic rings. The molecule has 1 aromatic rings. The smallest absolute Gasteiger partial charge is 0.322 e. The first-order chi connectivity index (χ1) is 9.95. The number of ether oxygens (including phenoxy) is 1. The molecule has 1 aromatic carbocycles. The largest absolute Gasteiger partial charge is 0.481 e. The molecule has 21 heavy (non-hydrogen) atoms. The lowest BCUT2D eigenvalue weighted by Crippen LogP contribution is -2.47. The molecule has 0 bridgehead atoms. The molecule has 1 unspecified atom stereocenters. The lowest BCUT2D eigenvalue weighted by atomic mass is 10.2. The molecule has 114 valence electrons. The maximum atomic E-state index is 13.2. The van der Waals surface area contributed by atoms with Crippen molar-refractivity contribution in [2.45, 2.75) is 19.4 Å². The molecule has 1 heterocycles. The topological polar surface area (TPSA) is 78.9 Å². The standard InChI is InChI=1S/C14H17FN2O4/c1-9-6-10(2-3-12(9)15)16-14(20)17-4-5-21-11(8-17)7-13(18)19/h2-3,6,11H,4-5,7-8H2,1H3,(H,16,20)(H,18,19). The molecule has 1 aliphatic heterocycles. The number of aryl methyl sites for hydroxylation is 1. The molecule has 2 rings (SSSR count). The van der Waals surface area contributed by atoms with Gasteiger partial charge in [0.25, 0.3) is 0 Å². The fourth-order valence-corrected chi connectivity index (χ4v) is 2.15. The number of nitrogens with zero attached hydrogens (tertiary/aromatic N) is 1. The molecule has 0 aromatic heterocycles. The van der Waals surface area contributed by atoms with E-state index in [2.05, 4.69) is 5.32 Å². The minimum absolute atomic E-state index is 0.139. The van der Waals surface area contributed by atoms with E-state index in [1.54, 1.807) is 13.0 Å². The Morgan fingerprint density at radius 2 is 2.29 bits per heavy atom. The Hall–Kier alpha value is -2.15. The maximum absolute atomic E-state index is 13.2. The van der Waals surface area contributed by atoms with Gasteiger partial charge in [-0.3, -0.25) is 4.79 Å². The molecule has 2 N–H and O–H groups in total. The summed E-state index contributed by atoms with van der Waals surface area (Å²) in [6.07, 6.45) is -0.642. The van der Waals surface area contributed by atoms with Crippen molar-refractivity contribution < 1.29 is 23.8 Å². The van der Waals surface area contributed by atoms with Crippen molar-refractivity contribution in [3.05, 3.63) is 29.6 Å². The molecule has 6 nitrogen and oxygen atoms in total. The lowest BCUT2D eigenvalue weighted by Gasteiger charge is -2.32. The molecule has 1 fully saturated rings. The summed E-state index contributed by atoms with van der Waals surface area (Å²) in [4.78, 5) is 24.3. The Morgan fingerprint density at radius 1 is 1.52 bits per heavy atom. The van der Waals surface area contributed by atoms with Crippen LogP contribution in [0.25, 0.3) is 0 Å². The number of carbonyl (C=O) groups excluding carboxylic acids is 1. The fraction of sp³-hybridized carbons (Fsp3) is 0.429. The van der Waals surface area contributed by atoms with Gasteiger partial charge in [-0.05, 0) is 30.7 Å². The molecular formula is C14H17FN2O4. The minimum atomic E-state index is -0.962. The molecule has 0 spiro atoms. The number of hydrogen-bond acceptors (Lipinski definition) is 3. The third-order valence-corrected chi connectivity index (χ3v) is 3.24. The Bertz CT molecular complexity index is 550. The van der Waals surface area contributed by atoms with Crippen molar-refractivity contribution >= 4 is 17.7 Å². The third-order valence-electron chi connectivity index (χ3n) is 3.24. The van der Waals surface area contributed by atoms with E-state index < -0.39 is 12.1 Å². The van der Waals surface area contributed by atoms with E-state index in [4.69, 9.17) is 9.84 Å². The van der Waals surface area contributed by atoms with Gasteiger partial charge in [-0.2, -0.15) is 0 Å². The van der Waals surface area contributed by atoms with Crippen molar-refractivity contribution in [2.75, 3.05) is 25.0 Å². The van der Waals surface area contributed by atoms with Crippen LogP contribution in [0.1, 0.15) is 12.0 Å². The number of morpholine rings is 1. The SMILES string of the molecule is Cc1cc(NC(=O)N2CCOC(CC(=O)O)C2)ccc1F. The van der Waals surface area contributed by atoms with Gasteiger partial charge in [0.15, 0.2) is 0 Å². The van der Waals surface area contributed by atoms with Crippen molar-refractivity contribution in [3.63, 3.8) is 0 Å². The summed E-state index contributed by atoms with van der Waals surface area (Å²) in [6, 6.07) is 3.97. The van der Waals surface area contributed by atoms with E-state index in [0.29, 0.717) is 24.4 Å². The first kappa shape index (κ1) is 15.2. The van der Waals surface area contributed by atoms with Crippen LogP contribution in [-0.2, 0) is 9.53 Å². The first-order valence-electron chi connectivity index (χ1n) is 6.61. The second-order valence-corrected chi connectivity index (χ2v) is 4.93. The van der Waals surface area contributed by atoms with Crippen LogP contribution in [0.15, 0.2) is 18.2 Å². The molecule has 7 heteroatoms. The third kappa shape index (κ3) is 4.16. The van der Waals surface area contributed by atoms with E-state index in [1.807, 2.05) is 0 Å². The molecule has 2 amide bonds. The number of benzene rings is 1. The van der Waals surface area contributed by atoms with Crippen LogP contribution < -0.4 is 5.32 Å². The van der Waals surface area contributed by atoms with E-state index in [-0.39, 0.29) is 24.8 Å². The molecule has 1 atom stereocenters. The number of rotatable bonds is 3. The number of carboxylic acid groups (broad SMARTS) is 1. The van der Waals surface area contributed by atoms with Crippen LogP contribution in [0.4, 0.5) is 14.9 Å². The minimum Gasteiger partial charge on any atom is -0.481 e. The number of carboxylic acids is 1. The number of amides is 2. The van der Waals surface area contributed by atoms with Crippen molar-refractivity contribution in [2.24, 2.45) is 0 Å². The van der Waals surface area contributed by atoms with Crippen LogP contribution in [0, 0.1) is 12.7 Å².